The first-order valence-electron chi connectivity index (χ1n) is 7.20. The van der Waals surface area contributed by atoms with E-state index >= 15 is 0 Å². The van der Waals surface area contributed by atoms with Gasteiger partial charge in [0.15, 0.2) is 0 Å². The zero-order chi connectivity index (χ0) is 14.4. The van der Waals surface area contributed by atoms with Gasteiger partial charge < -0.3 is 14.8 Å². The number of nitrogens with one attached hydrogen (secondary N) is 1. The smallest absolute Gasteiger partial charge is 0.223 e. The summed E-state index contributed by atoms with van der Waals surface area (Å²) in [5, 5.41) is 3.10. The fraction of sp³-hybridized carbons (Fsp3) is 0.562. The van der Waals surface area contributed by atoms with E-state index in [9.17, 15) is 4.79 Å². The van der Waals surface area contributed by atoms with Crippen molar-refractivity contribution >= 4 is 5.91 Å². The van der Waals surface area contributed by atoms with Gasteiger partial charge in [-0.3, -0.25) is 4.79 Å². The van der Waals surface area contributed by atoms with E-state index in [4.69, 9.17) is 9.47 Å². The van der Waals surface area contributed by atoms with E-state index in [-0.39, 0.29) is 17.9 Å². The summed E-state index contributed by atoms with van der Waals surface area (Å²) in [4.78, 5) is 12.1. The third-order valence-corrected chi connectivity index (χ3v) is 3.66. The number of carbonyl (C=O) groups is 1. The second-order valence-corrected chi connectivity index (χ2v) is 5.35. The first-order chi connectivity index (χ1) is 9.69. The Morgan fingerprint density at radius 2 is 2.20 bits per heavy atom. The molecule has 1 heterocycles. The van der Waals surface area contributed by atoms with Crippen LogP contribution in [0.4, 0.5) is 0 Å². The van der Waals surface area contributed by atoms with Crippen LogP contribution in [0.15, 0.2) is 24.3 Å². The van der Waals surface area contributed by atoms with Crippen LogP contribution in [-0.2, 0) is 16.0 Å². The van der Waals surface area contributed by atoms with Gasteiger partial charge >= 0.3 is 0 Å². The number of amides is 1. The van der Waals surface area contributed by atoms with Crippen LogP contribution in [0.1, 0.15) is 25.3 Å². The molecule has 0 saturated carbocycles. The molecule has 1 aromatic carbocycles. The summed E-state index contributed by atoms with van der Waals surface area (Å²) in [6, 6.07) is 8.09. The molecule has 4 heteroatoms. The second kappa shape index (κ2) is 7.29. The zero-order valence-corrected chi connectivity index (χ0v) is 12.2. The maximum atomic E-state index is 12.1. The SMILES string of the molecule is COc1cccc(CC(C)NC(=O)C2CCOCC2)c1. The van der Waals surface area contributed by atoms with E-state index in [0.717, 1.165) is 25.0 Å². The summed E-state index contributed by atoms with van der Waals surface area (Å²) < 4.78 is 10.5. The fourth-order valence-corrected chi connectivity index (χ4v) is 2.52. The van der Waals surface area contributed by atoms with E-state index in [0.29, 0.717) is 13.2 Å². The van der Waals surface area contributed by atoms with Crippen LogP contribution in [0.5, 0.6) is 5.75 Å². The first kappa shape index (κ1) is 14.9. The van der Waals surface area contributed by atoms with Crippen LogP contribution < -0.4 is 10.1 Å². The van der Waals surface area contributed by atoms with Gasteiger partial charge in [-0.05, 0) is 43.9 Å². The lowest BCUT2D eigenvalue weighted by Gasteiger charge is -2.23. The Balaban J connectivity index is 1.84. The standard InChI is InChI=1S/C16H23NO3/c1-12(10-13-4-3-5-15(11-13)19-2)17-16(18)14-6-8-20-9-7-14/h3-5,11-12,14H,6-10H2,1-2H3,(H,17,18). The molecule has 0 radical (unpaired) electrons. The largest absolute Gasteiger partial charge is 0.497 e. The summed E-state index contributed by atoms with van der Waals surface area (Å²) >= 11 is 0. The topological polar surface area (TPSA) is 47.6 Å². The van der Waals surface area contributed by atoms with Crippen molar-refractivity contribution in [1.82, 2.24) is 5.32 Å². The number of rotatable bonds is 5. The summed E-state index contributed by atoms with van der Waals surface area (Å²) in [6.07, 6.45) is 2.47. The van der Waals surface area contributed by atoms with E-state index < -0.39 is 0 Å². The Kier molecular flexibility index (Phi) is 5.41. The minimum Gasteiger partial charge on any atom is -0.497 e. The molecule has 1 fully saturated rings. The normalized spacial score (nSPS) is 17.5. The van der Waals surface area contributed by atoms with Crippen molar-refractivity contribution in [3.63, 3.8) is 0 Å². The maximum Gasteiger partial charge on any atom is 0.223 e. The van der Waals surface area contributed by atoms with E-state index in [2.05, 4.69) is 11.4 Å². The molecule has 0 aliphatic carbocycles. The molecule has 2 rings (SSSR count). The quantitative estimate of drug-likeness (QED) is 0.897. The Bertz CT molecular complexity index is 441. The molecule has 1 N–H and O–H groups in total. The molecule has 110 valence electrons. The van der Waals surface area contributed by atoms with Gasteiger partial charge in [0.1, 0.15) is 5.75 Å². The number of hydrogen-bond donors (Lipinski definition) is 1. The minimum atomic E-state index is 0.108. The van der Waals surface area contributed by atoms with Crippen molar-refractivity contribution in [1.29, 1.82) is 0 Å². The number of benzene rings is 1. The van der Waals surface area contributed by atoms with Gasteiger partial charge in [0.05, 0.1) is 7.11 Å². The molecular weight excluding hydrogens is 254 g/mol. The zero-order valence-electron chi connectivity index (χ0n) is 12.2. The molecule has 1 amide bonds. The van der Waals surface area contributed by atoms with Gasteiger partial charge in [0, 0.05) is 25.2 Å². The highest BCUT2D eigenvalue weighted by atomic mass is 16.5. The lowest BCUT2D eigenvalue weighted by atomic mass is 9.98. The van der Waals surface area contributed by atoms with Crippen LogP contribution in [-0.4, -0.2) is 32.3 Å². The van der Waals surface area contributed by atoms with Crippen molar-refractivity contribution in [2.75, 3.05) is 20.3 Å². The number of ether oxygens (including phenoxy) is 2. The molecule has 1 aliphatic heterocycles. The predicted octanol–water partition coefficient (Wildman–Crippen LogP) is 2.17. The molecule has 20 heavy (non-hydrogen) atoms. The molecule has 0 spiro atoms. The number of methoxy groups -OCH3 is 1. The number of carbonyl (C=O) groups excluding carboxylic acids is 1. The Morgan fingerprint density at radius 3 is 2.90 bits per heavy atom. The highest BCUT2D eigenvalue weighted by molar-refractivity contribution is 5.79. The highest BCUT2D eigenvalue weighted by Gasteiger charge is 2.22. The molecule has 1 unspecified atom stereocenters. The van der Waals surface area contributed by atoms with Crippen molar-refractivity contribution in [2.24, 2.45) is 5.92 Å². The van der Waals surface area contributed by atoms with Crippen LogP contribution >= 0.6 is 0 Å². The van der Waals surface area contributed by atoms with Gasteiger partial charge in [-0.15, -0.1) is 0 Å². The van der Waals surface area contributed by atoms with Gasteiger partial charge in [-0.1, -0.05) is 12.1 Å². The highest BCUT2D eigenvalue weighted by Crippen LogP contribution is 2.16. The molecule has 1 atom stereocenters. The van der Waals surface area contributed by atoms with Gasteiger partial charge in [0.25, 0.3) is 0 Å². The molecule has 0 bridgehead atoms. The molecule has 1 aromatic rings. The Morgan fingerprint density at radius 1 is 1.45 bits per heavy atom. The average Bonchev–Trinajstić information content (AvgIpc) is 2.48. The lowest BCUT2D eigenvalue weighted by Crippen LogP contribution is -2.40. The minimum absolute atomic E-state index is 0.108. The van der Waals surface area contributed by atoms with E-state index in [1.165, 1.54) is 5.56 Å². The van der Waals surface area contributed by atoms with Crippen LogP contribution in [0.2, 0.25) is 0 Å². The molecule has 4 nitrogen and oxygen atoms in total. The monoisotopic (exact) mass is 277 g/mol. The summed E-state index contributed by atoms with van der Waals surface area (Å²) in [5.41, 5.74) is 1.17. The Hall–Kier alpha value is -1.55. The lowest BCUT2D eigenvalue weighted by molar-refractivity contribution is -0.128. The Labute approximate surface area is 120 Å². The maximum absolute atomic E-state index is 12.1. The van der Waals surface area contributed by atoms with Gasteiger partial charge in [0.2, 0.25) is 5.91 Å². The van der Waals surface area contributed by atoms with Crippen molar-refractivity contribution in [3.05, 3.63) is 29.8 Å². The fourth-order valence-electron chi connectivity index (χ4n) is 2.52. The molecule has 1 saturated heterocycles. The molecule has 1 aliphatic rings. The summed E-state index contributed by atoms with van der Waals surface area (Å²) in [5.74, 6) is 1.12. The average molecular weight is 277 g/mol. The molecular formula is C16H23NO3. The summed E-state index contributed by atoms with van der Waals surface area (Å²) in [6.45, 7) is 3.43. The van der Waals surface area contributed by atoms with E-state index in [1.54, 1.807) is 7.11 Å². The third kappa shape index (κ3) is 4.23. The third-order valence-electron chi connectivity index (χ3n) is 3.66. The second-order valence-electron chi connectivity index (χ2n) is 5.35. The van der Waals surface area contributed by atoms with Gasteiger partial charge in [-0.25, -0.2) is 0 Å². The van der Waals surface area contributed by atoms with Crippen LogP contribution in [0, 0.1) is 5.92 Å². The van der Waals surface area contributed by atoms with Crippen LogP contribution in [0.3, 0.4) is 0 Å². The number of hydrogen-bond acceptors (Lipinski definition) is 3. The van der Waals surface area contributed by atoms with Crippen molar-refractivity contribution in [3.8, 4) is 5.75 Å². The van der Waals surface area contributed by atoms with Gasteiger partial charge in [-0.2, -0.15) is 0 Å². The predicted molar refractivity (Wildman–Crippen MR) is 77.8 cm³/mol. The van der Waals surface area contributed by atoms with Crippen molar-refractivity contribution in [2.45, 2.75) is 32.2 Å². The molecule has 0 aromatic heterocycles. The first-order valence-corrected chi connectivity index (χ1v) is 7.20. The van der Waals surface area contributed by atoms with E-state index in [1.807, 2.05) is 25.1 Å². The summed E-state index contributed by atoms with van der Waals surface area (Å²) in [7, 11) is 1.66. The van der Waals surface area contributed by atoms with Crippen LogP contribution in [0.25, 0.3) is 0 Å². The van der Waals surface area contributed by atoms with Crippen molar-refractivity contribution < 1.29 is 14.3 Å².